The van der Waals surface area contributed by atoms with Gasteiger partial charge in [-0.1, -0.05) is 29.8 Å². The van der Waals surface area contributed by atoms with Gasteiger partial charge in [0.2, 0.25) is 10.0 Å². The molecular weight excluding hydrogens is 474 g/mol. The van der Waals surface area contributed by atoms with Crippen LogP contribution < -0.4 is 14.4 Å². The van der Waals surface area contributed by atoms with E-state index in [9.17, 15) is 13.2 Å². The molecule has 0 saturated heterocycles. The number of halogens is 1. The maximum atomic E-state index is 13.2. The van der Waals surface area contributed by atoms with Gasteiger partial charge in [0.25, 0.3) is 5.91 Å². The smallest absolute Gasteiger partial charge is 0.265 e. The maximum absolute atomic E-state index is 13.2. The van der Waals surface area contributed by atoms with Crippen molar-refractivity contribution in [3.05, 3.63) is 65.7 Å². The lowest BCUT2D eigenvalue weighted by molar-refractivity contribution is -0.122. The van der Waals surface area contributed by atoms with Crippen molar-refractivity contribution < 1.29 is 17.9 Å². The first-order chi connectivity index (χ1) is 16.3. The topological polar surface area (TPSA) is 80.6 Å². The van der Waals surface area contributed by atoms with Gasteiger partial charge in [0, 0.05) is 52.0 Å². The Kier molecular flexibility index (Phi) is 5.65. The molecule has 9 heteroatoms. The summed E-state index contributed by atoms with van der Waals surface area (Å²) in [7, 11) is -3.57. The van der Waals surface area contributed by atoms with Gasteiger partial charge < -0.3 is 14.6 Å². The molecule has 1 N–H and O–H groups in total. The lowest BCUT2D eigenvalue weighted by Gasteiger charge is -2.21. The molecule has 7 nitrogen and oxygen atoms in total. The monoisotopic (exact) mass is 497 g/mol. The fraction of sp³-hybridized carbons (Fsp3) is 0.240. The van der Waals surface area contributed by atoms with E-state index in [1.165, 1.54) is 10.4 Å². The molecule has 1 aromatic heterocycles. The second-order valence-electron chi connectivity index (χ2n) is 8.32. The van der Waals surface area contributed by atoms with Crippen LogP contribution in [-0.2, 0) is 21.4 Å². The zero-order chi connectivity index (χ0) is 24.0. The predicted molar refractivity (Wildman–Crippen MR) is 136 cm³/mol. The normalized spacial score (nSPS) is 16.2. The van der Waals surface area contributed by atoms with Crippen molar-refractivity contribution in [2.75, 3.05) is 22.4 Å². The lowest BCUT2D eigenvalue weighted by atomic mass is 10.1. The quantitative estimate of drug-likeness (QED) is 0.429. The van der Waals surface area contributed by atoms with Crippen LogP contribution in [-0.4, -0.2) is 37.8 Å². The zero-order valence-corrected chi connectivity index (χ0v) is 20.4. The van der Waals surface area contributed by atoms with E-state index in [-0.39, 0.29) is 18.9 Å². The summed E-state index contributed by atoms with van der Waals surface area (Å²) < 4.78 is 34.2. The predicted octanol–water partition coefficient (Wildman–Crippen LogP) is 5.02. The third-order valence-electron chi connectivity index (χ3n) is 6.10. The van der Waals surface area contributed by atoms with Crippen LogP contribution in [0.2, 0.25) is 5.02 Å². The van der Waals surface area contributed by atoms with Crippen LogP contribution in [0.15, 0.2) is 60.7 Å². The van der Waals surface area contributed by atoms with E-state index in [4.69, 9.17) is 16.3 Å². The number of para-hydroxylation sites is 1. The van der Waals surface area contributed by atoms with Crippen LogP contribution in [0.3, 0.4) is 0 Å². The highest BCUT2D eigenvalue weighted by Gasteiger charge is 2.31. The van der Waals surface area contributed by atoms with Gasteiger partial charge in [-0.15, -0.1) is 0 Å². The summed E-state index contributed by atoms with van der Waals surface area (Å²) >= 11 is 6.09. The van der Waals surface area contributed by atoms with Crippen LogP contribution in [0.5, 0.6) is 5.75 Å². The molecular formula is C25H24ClN3O4S. The first-order valence-corrected chi connectivity index (χ1v) is 13.2. The summed E-state index contributed by atoms with van der Waals surface area (Å²) in [5, 5.41) is 5.52. The van der Waals surface area contributed by atoms with Crippen LogP contribution in [0.4, 0.5) is 11.4 Å². The molecule has 1 atom stereocenters. The maximum Gasteiger partial charge on any atom is 0.265 e. The van der Waals surface area contributed by atoms with Gasteiger partial charge in [0.1, 0.15) is 5.75 Å². The highest BCUT2D eigenvalue weighted by Crippen LogP contribution is 2.37. The Labute approximate surface area is 202 Å². The number of carbonyl (C=O) groups excluding carboxylic acids is 1. The van der Waals surface area contributed by atoms with Gasteiger partial charge in [-0.05, 0) is 49.4 Å². The summed E-state index contributed by atoms with van der Waals surface area (Å²) in [6.07, 6.45) is 0.460. The summed E-state index contributed by atoms with van der Waals surface area (Å²) in [6.45, 7) is 3.05. The van der Waals surface area contributed by atoms with Crippen LogP contribution in [0, 0.1) is 0 Å². The highest BCUT2D eigenvalue weighted by atomic mass is 35.5. The fourth-order valence-electron chi connectivity index (χ4n) is 4.58. The molecule has 1 amide bonds. The molecule has 0 saturated carbocycles. The number of rotatable bonds is 4. The van der Waals surface area contributed by atoms with E-state index in [1.807, 2.05) is 30.3 Å². The molecule has 0 unspecified atom stereocenters. The third kappa shape index (κ3) is 3.97. The Balaban J connectivity index is 1.45. The average molecular weight is 498 g/mol. The van der Waals surface area contributed by atoms with E-state index >= 15 is 0 Å². The number of hydrogen-bond acceptors (Lipinski definition) is 4. The second kappa shape index (κ2) is 8.52. The fourth-order valence-corrected chi connectivity index (χ4v) is 5.68. The molecule has 2 heterocycles. The molecule has 0 spiro atoms. The van der Waals surface area contributed by atoms with E-state index in [1.54, 1.807) is 12.1 Å². The number of hydrogen-bond donors (Lipinski definition) is 1. The number of amides is 1. The Morgan fingerprint density at radius 3 is 2.62 bits per heavy atom. The van der Waals surface area contributed by atoms with Gasteiger partial charge in [-0.25, -0.2) is 8.42 Å². The van der Waals surface area contributed by atoms with Crippen molar-refractivity contribution in [2.24, 2.45) is 0 Å². The molecule has 3 aromatic carbocycles. The summed E-state index contributed by atoms with van der Waals surface area (Å²) in [5.41, 5.74) is 3.23. The van der Waals surface area contributed by atoms with E-state index in [0.29, 0.717) is 22.1 Å². The molecule has 4 aromatic rings. The van der Waals surface area contributed by atoms with Crippen molar-refractivity contribution in [1.82, 2.24) is 4.57 Å². The second-order valence-corrected chi connectivity index (χ2v) is 10.7. The molecule has 34 heavy (non-hydrogen) atoms. The van der Waals surface area contributed by atoms with Gasteiger partial charge in [0.05, 0.1) is 11.9 Å². The molecule has 0 aliphatic carbocycles. The SMILES string of the molecule is CCn1c2ccccc2c2cc(NC(=O)[C@H]3CCN(S(C)(=O)=O)c4cc(Cl)ccc4O3)ccc21. The summed E-state index contributed by atoms with van der Waals surface area (Å²) in [4.78, 5) is 13.2. The van der Waals surface area contributed by atoms with Crippen molar-refractivity contribution in [2.45, 2.75) is 26.0 Å². The standard InChI is InChI=1S/C25H24ClN3O4S/c1-3-28-20-7-5-4-6-18(20)19-15-17(9-10-21(19)28)27-25(30)24-12-13-29(34(2,31)32)22-14-16(26)8-11-23(22)33-24/h4-11,14-15,24H,3,12-13H2,1-2H3,(H,27,30)/t24-/m1/s1. The van der Waals surface area contributed by atoms with Crippen LogP contribution >= 0.6 is 11.6 Å². The van der Waals surface area contributed by atoms with Gasteiger partial charge >= 0.3 is 0 Å². The molecule has 1 aliphatic heterocycles. The number of nitrogens with zero attached hydrogens (tertiary/aromatic N) is 2. The number of anilines is 2. The van der Waals surface area contributed by atoms with E-state index < -0.39 is 16.1 Å². The Bertz CT molecular complexity index is 1530. The first kappa shape index (κ1) is 22.6. The van der Waals surface area contributed by atoms with Crippen molar-refractivity contribution in [1.29, 1.82) is 0 Å². The van der Waals surface area contributed by atoms with Gasteiger partial charge in [-0.3, -0.25) is 9.10 Å². The first-order valence-electron chi connectivity index (χ1n) is 11.0. The number of fused-ring (bicyclic) bond motifs is 4. The molecule has 0 bridgehead atoms. The Morgan fingerprint density at radius 1 is 1.09 bits per heavy atom. The van der Waals surface area contributed by atoms with Gasteiger partial charge in [-0.2, -0.15) is 0 Å². The number of ether oxygens (including phenoxy) is 1. The van der Waals surface area contributed by atoms with Crippen molar-refractivity contribution in [3.8, 4) is 5.75 Å². The highest BCUT2D eigenvalue weighted by molar-refractivity contribution is 7.92. The Hall–Kier alpha value is -3.23. The largest absolute Gasteiger partial charge is 0.478 e. The number of benzene rings is 3. The minimum Gasteiger partial charge on any atom is -0.478 e. The van der Waals surface area contributed by atoms with Gasteiger partial charge in [0.15, 0.2) is 6.10 Å². The molecule has 1 aliphatic rings. The van der Waals surface area contributed by atoms with Crippen molar-refractivity contribution >= 4 is 60.7 Å². The zero-order valence-electron chi connectivity index (χ0n) is 18.8. The Morgan fingerprint density at radius 2 is 1.85 bits per heavy atom. The van der Waals surface area contributed by atoms with Crippen LogP contribution in [0.25, 0.3) is 21.8 Å². The number of aromatic nitrogens is 1. The number of sulfonamides is 1. The minimum absolute atomic E-state index is 0.104. The van der Waals surface area contributed by atoms with E-state index in [2.05, 4.69) is 28.9 Å². The lowest BCUT2D eigenvalue weighted by Crippen LogP contribution is -2.35. The molecule has 0 radical (unpaired) electrons. The molecule has 5 rings (SSSR count). The summed E-state index contributed by atoms with van der Waals surface area (Å²) in [6, 6.07) is 18.8. The number of aryl methyl sites for hydroxylation is 1. The van der Waals surface area contributed by atoms with Crippen molar-refractivity contribution in [3.63, 3.8) is 0 Å². The minimum atomic E-state index is -3.57. The number of nitrogens with one attached hydrogen (secondary N) is 1. The van der Waals surface area contributed by atoms with E-state index in [0.717, 1.165) is 34.6 Å². The molecule has 176 valence electrons. The number of carbonyl (C=O) groups is 1. The van der Waals surface area contributed by atoms with Crippen LogP contribution in [0.1, 0.15) is 13.3 Å². The molecule has 0 fully saturated rings. The summed E-state index contributed by atoms with van der Waals surface area (Å²) in [5.74, 6) is -0.0382. The average Bonchev–Trinajstić information content (AvgIpc) is 2.97. The third-order valence-corrected chi connectivity index (χ3v) is 7.52.